The lowest BCUT2D eigenvalue weighted by molar-refractivity contribution is -0.146. The predicted molar refractivity (Wildman–Crippen MR) is 95.4 cm³/mol. The lowest BCUT2D eigenvalue weighted by atomic mass is 10.1. The highest BCUT2D eigenvalue weighted by Gasteiger charge is 2.30. The number of rotatable bonds is 7. The topological polar surface area (TPSA) is 64.6 Å². The molecular weight excluding hydrogens is 342 g/mol. The van der Waals surface area contributed by atoms with Gasteiger partial charge in [0.25, 0.3) is 5.91 Å². The summed E-state index contributed by atoms with van der Waals surface area (Å²) in [5.41, 5.74) is -0.262. The maximum Gasteiger partial charge on any atom is 0.325 e. The summed E-state index contributed by atoms with van der Waals surface area (Å²) in [6, 6.07) is 16.0. The van der Waals surface area contributed by atoms with Crippen LogP contribution < -0.4 is 10.1 Å². The first kappa shape index (κ1) is 18.8. The minimum Gasteiger partial charge on any atom is -0.478 e. The molecule has 0 aliphatic heterocycles. The number of nitrogens with one attached hydrogen (secondary N) is 1. The Morgan fingerprint density at radius 1 is 1.04 bits per heavy atom. The fourth-order valence-corrected chi connectivity index (χ4v) is 2.12. The Morgan fingerprint density at radius 2 is 1.68 bits per heavy atom. The molecule has 1 amide bonds. The Kier molecular flexibility index (Phi) is 6.42. The number of halogens is 1. The molecule has 0 bridgehead atoms. The molecule has 0 spiro atoms. The van der Waals surface area contributed by atoms with Crippen LogP contribution in [0, 0.1) is 0 Å². The molecule has 2 aromatic carbocycles. The molecule has 0 saturated heterocycles. The van der Waals surface area contributed by atoms with Gasteiger partial charge in [0, 0.05) is 5.02 Å². The van der Waals surface area contributed by atoms with Gasteiger partial charge in [-0.15, -0.1) is 0 Å². The average molecular weight is 362 g/mol. The second kappa shape index (κ2) is 8.53. The summed E-state index contributed by atoms with van der Waals surface area (Å²) >= 11 is 5.82. The van der Waals surface area contributed by atoms with Crippen molar-refractivity contribution in [2.45, 2.75) is 26.1 Å². The molecule has 5 nitrogen and oxygen atoms in total. The van der Waals surface area contributed by atoms with Gasteiger partial charge in [-0.25, -0.2) is 0 Å². The summed E-state index contributed by atoms with van der Waals surface area (Å²) in [6.45, 7) is 3.18. The van der Waals surface area contributed by atoms with E-state index in [9.17, 15) is 9.59 Å². The molecule has 25 heavy (non-hydrogen) atoms. The molecule has 0 aliphatic rings. The monoisotopic (exact) mass is 361 g/mol. The SMILES string of the molecule is CC(C)(Oc1ccc(Cl)cc1)C(=O)NCC(=O)OCc1ccccc1. The van der Waals surface area contributed by atoms with Crippen molar-refractivity contribution in [1.82, 2.24) is 5.32 Å². The highest BCUT2D eigenvalue weighted by Crippen LogP contribution is 2.20. The van der Waals surface area contributed by atoms with E-state index in [4.69, 9.17) is 21.1 Å². The number of amides is 1. The van der Waals surface area contributed by atoms with E-state index >= 15 is 0 Å². The number of carbonyl (C=O) groups excluding carboxylic acids is 2. The number of hydrogen-bond donors (Lipinski definition) is 1. The first-order valence-electron chi connectivity index (χ1n) is 7.79. The van der Waals surface area contributed by atoms with Crippen molar-refractivity contribution in [3.05, 3.63) is 65.2 Å². The van der Waals surface area contributed by atoms with E-state index in [-0.39, 0.29) is 13.2 Å². The molecule has 2 rings (SSSR count). The van der Waals surface area contributed by atoms with Crippen molar-refractivity contribution in [1.29, 1.82) is 0 Å². The van der Waals surface area contributed by atoms with Crippen molar-refractivity contribution in [2.24, 2.45) is 0 Å². The van der Waals surface area contributed by atoms with Gasteiger partial charge in [0.05, 0.1) is 0 Å². The first-order chi connectivity index (χ1) is 11.9. The number of benzene rings is 2. The zero-order valence-corrected chi connectivity index (χ0v) is 14.9. The molecule has 0 saturated carbocycles. The molecule has 132 valence electrons. The third-order valence-corrected chi connectivity index (χ3v) is 3.62. The van der Waals surface area contributed by atoms with E-state index in [1.807, 2.05) is 30.3 Å². The Morgan fingerprint density at radius 3 is 2.32 bits per heavy atom. The molecule has 0 fully saturated rings. The Balaban J connectivity index is 1.79. The van der Waals surface area contributed by atoms with Crippen LogP contribution in [0.1, 0.15) is 19.4 Å². The quantitative estimate of drug-likeness (QED) is 0.768. The molecule has 0 atom stereocenters. The van der Waals surface area contributed by atoms with Crippen molar-refractivity contribution < 1.29 is 19.1 Å². The lowest BCUT2D eigenvalue weighted by Crippen LogP contribution is -2.48. The standard InChI is InChI=1S/C19H20ClNO4/c1-19(2,25-16-10-8-15(20)9-11-16)18(23)21-12-17(22)24-13-14-6-4-3-5-7-14/h3-11H,12-13H2,1-2H3,(H,21,23). The molecule has 0 aromatic heterocycles. The summed E-state index contributed by atoms with van der Waals surface area (Å²) in [6.07, 6.45) is 0. The highest BCUT2D eigenvalue weighted by molar-refractivity contribution is 6.30. The molecule has 0 unspecified atom stereocenters. The van der Waals surface area contributed by atoms with Crippen molar-refractivity contribution >= 4 is 23.5 Å². The first-order valence-corrected chi connectivity index (χ1v) is 8.17. The van der Waals surface area contributed by atoms with Crippen LogP contribution in [0.2, 0.25) is 5.02 Å². The van der Waals surface area contributed by atoms with Gasteiger partial charge in [0.15, 0.2) is 5.60 Å². The van der Waals surface area contributed by atoms with Gasteiger partial charge in [0.2, 0.25) is 0 Å². The van der Waals surface area contributed by atoms with Crippen LogP contribution in [0.5, 0.6) is 5.75 Å². The number of esters is 1. The summed E-state index contributed by atoms with van der Waals surface area (Å²) in [5, 5.41) is 3.11. The predicted octanol–water partition coefficient (Wildman–Crippen LogP) is 3.36. The van der Waals surface area contributed by atoms with Gasteiger partial charge in [-0.05, 0) is 43.7 Å². The Labute approximate surface area is 151 Å². The third-order valence-electron chi connectivity index (χ3n) is 3.37. The minimum atomic E-state index is -1.15. The van der Waals surface area contributed by atoms with E-state index in [2.05, 4.69) is 5.32 Å². The van der Waals surface area contributed by atoms with Crippen LogP contribution in [0.15, 0.2) is 54.6 Å². The van der Waals surface area contributed by atoms with Crippen LogP contribution in [-0.2, 0) is 20.9 Å². The number of hydrogen-bond acceptors (Lipinski definition) is 4. The highest BCUT2D eigenvalue weighted by atomic mass is 35.5. The van der Waals surface area contributed by atoms with Crippen molar-refractivity contribution in [3.63, 3.8) is 0 Å². The summed E-state index contributed by atoms with van der Waals surface area (Å²) in [7, 11) is 0. The van der Waals surface area contributed by atoms with E-state index < -0.39 is 17.5 Å². The zero-order valence-electron chi connectivity index (χ0n) is 14.1. The summed E-state index contributed by atoms with van der Waals surface area (Å²) in [4.78, 5) is 24.0. The van der Waals surface area contributed by atoms with Crippen LogP contribution >= 0.6 is 11.6 Å². The van der Waals surface area contributed by atoms with Gasteiger partial charge in [-0.2, -0.15) is 0 Å². The van der Waals surface area contributed by atoms with Gasteiger partial charge in [-0.3, -0.25) is 9.59 Å². The van der Waals surface area contributed by atoms with Gasteiger partial charge in [-0.1, -0.05) is 41.9 Å². The number of carbonyl (C=O) groups is 2. The van der Waals surface area contributed by atoms with Gasteiger partial charge < -0.3 is 14.8 Å². The summed E-state index contributed by atoms with van der Waals surface area (Å²) in [5.74, 6) is -0.421. The smallest absolute Gasteiger partial charge is 0.325 e. The van der Waals surface area contributed by atoms with E-state index in [0.29, 0.717) is 10.8 Å². The van der Waals surface area contributed by atoms with Crippen LogP contribution in [0.3, 0.4) is 0 Å². The normalized spacial score (nSPS) is 10.8. The molecule has 1 N–H and O–H groups in total. The second-order valence-electron chi connectivity index (χ2n) is 5.90. The summed E-state index contributed by atoms with van der Waals surface area (Å²) < 4.78 is 10.8. The zero-order chi connectivity index (χ0) is 18.3. The van der Waals surface area contributed by atoms with Crippen molar-refractivity contribution in [3.8, 4) is 5.75 Å². The van der Waals surface area contributed by atoms with Crippen LogP contribution in [0.25, 0.3) is 0 Å². The largest absolute Gasteiger partial charge is 0.478 e. The second-order valence-corrected chi connectivity index (χ2v) is 6.33. The Bertz CT molecular complexity index is 714. The van der Waals surface area contributed by atoms with Gasteiger partial charge >= 0.3 is 5.97 Å². The minimum absolute atomic E-state index is 0.167. The molecule has 0 heterocycles. The van der Waals surface area contributed by atoms with E-state index in [0.717, 1.165) is 5.56 Å². The van der Waals surface area contributed by atoms with E-state index in [1.165, 1.54) is 0 Å². The maximum absolute atomic E-state index is 12.2. The number of ether oxygens (including phenoxy) is 2. The maximum atomic E-state index is 12.2. The fourth-order valence-electron chi connectivity index (χ4n) is 2.00. The average Bonchev–Trinajstić information content (AvgIpc) is 2.60. The van der Waals surface area contributed by atoms with Crippen LogP contribution in [-0.4, -0.2) is 24.0 Å². The molecule has 2 aromatic rings. The molecular formula is C19H20ClNO4. The van der Waals surface area contributed by atoms with Gasteiger partial charge in [0.1, 0.15) is 18.9 Å². The molecule has 0 aliphatic carbocycles. The Hall–Kier alpha value is -2.53. The van der Waals surface area contributed by atoms with Crippen LogP contribution in [0.4, 0.5) is 0 Å². The lowest BCUT2D eigenvalue weighted by Gasteiger charge is -2.25. The third kappa shape index (κ3) is 6.12. The molecule has 0 radical (unpaired) electrons. The van der Waals surface area contributed by atoms with E-state index in [1.54, 1.807) is 38.1 Å². The van der Waals surface area contributed by atoms with Crippen molar-refractivity contribution in [2.75, 3.05) is 6.54 Å². The fraction of sp³-hybridized carbons (Fsp3) is 0.263. The molecule has 6 heteroatoms.